The van der Waals surface area contributed by atoms with E-state index in [9.17, 15) is 14.0 Å². The van der Waals surface area contributed by atoms with Crippen LogP contribution in [-0.2, 0) is 22.4 Å². The lowest BCUT2D eigenvalue weighted by Crippen LogP contribution is -2.31. The first-order chi connectivity index (χ1) is 11.0. The Hall–Kier alpha value is -2.69. The van der Waals surface area contributed by atoms with Gasteiger partial charge in [-0.1, -0.05) is 12.1 Å². The molecular weight excluding hydrogens is 295 g/mol. The van der Waals surface area contributed by atoms with Gasteiger partial charge >= 0.3 is 0 Å². The Bertz CT molecular complexity index is 756. The van der Waals surface area contributed by atoms with Crippen molar-refractivity contribution < 1.29 is 14.0 Å². The Labute approximate surface area is 133 Å². The molecule has 0 unspecified atom stereocenters. The van der Waals surface area contributed by atoms with Gasteiger partial charge in [-0.05, 0) is 47.9 Å². The summed E-state index contributed by atoms with van der Waals surface area (Å²) in [5, 5.41) is 2.85. The molecular formula is C18H17FN2O2. The normalized spacial score (nSPS) is 13.7. The summed E-state index contributed by atoms with van der Waals surface area (Å²) in [6, 6.07) is 11.4. The lowest BCUT2D eigenvalue weighted by Gasteiger charge is -2.26. The lowest BCUT2D eigenvalue weighted by molar-refractivity contribution is -0.118. The molecule has 0 atom stereocenters. The zero-order valence-corrected chi connectivity index (χ0v) is 12.8. The highest BCUT2D eigenvalue weighted by Gasteiger charge is 2.20. The van der Waals surface area contributed by atoms with E-state index in [1.54, 1.807) is 30.1 Å². The van der Waals surface area contributed by atoms with Crippen molar-refractivity contribution in [2.24, 2.45) is 0 Å². The number of nitrogens with zero attached hydrogens (tertiary/aromatic N) is 1. The summed E-state index contributed by atoms with van der Waals surface area (Å²) in [4.78, 5) is 25.4. The summed E-state index contributed by atoms with van der Waals surface area (Å²) in [7, 11) is 1.76. The van der Waals surface area contributed by atoms with E-state index in [1.165, 1.54) is 12.1 Å². The number of hydrogen-bond acceptors (Lipinski definition) is 2. The second kappa shape index (κ2) is 6.20. The molecule has 1 aliphatic rings. The average molecular weight is 312 g/mol. The predicted molar refractivity (Wildman–Crippen MR) is 86.9 cm³/mol. The van der Waals surface area contributed by atoms with Gasteiger partial charge in [0.15, 0.2) is 0 Å². The SMILES string of the molecule is CN1C(=O)CCc2cc(NC(=O)Cc3ccc(F)cc3)ccc21. The average Bonchev–Trinajstić information content (AvgIpc) is 2.53. The van der Waals surface area contributed by atoms with Crippen molar-refractivity contribution in [2.75, 3.05) is 17.3 Å². The minimum Gasteiger partial charge on any atom is -0.326 e. The summed E-state index contributed by atoms with van der Waals surface area (Å²) in [6.07, 6.45) is 1.35. The van der Waals surface area contributed by atoms with Gasteiger partial charge in [0, 0.05) is 24.8 Å². The van der Waals surface area contributed by atoms with E-state index in [0.29, 0.717) is 18.5 Å². The summed E-state index contributed by atoms with van der Waals surface area (Å²) >= 11 is 0. The third-order valence-corrected chi connectivity index (χ3v) is 3.98. The van der Waals surface area contributed by atoms with Gasteiger partial charge < -0.3 is 10.2 Å². The van der Waals surface area contributed by atoms with Crippen LogP contribution in [0.15, 0.2) is 42.5 Å². The zero-order chi connectivity index (χ0) is 16.4. The molecule has 0 bridgehead atoms. The first-order valence-corrected chi connectivity index (χ1v) is 7.47. The fourth-order valence-corrected chi connectivity index (χ4v) is 2.73. The molecule has 0 spiro atoms. The maximum absolute atomic E-state index is 12.9. The number of aryl methyl sites for hydroxylation is 1. The Balaban J connectivity index is 1.69. The number of rotatable bonds is 3. The molecule has 4 nitrogen and oxygen atoms in total. The number of hydrogen-bond donors (Lipinski definition) is 1. The Morgan fingerprint density at radius 1 is 1.17 bits per heavy atom. The number of benzene rings is 2. The van der Waals surface area contributed by atoms with Crippen LogP contribution in [-0.4, -0.2) is 18.9 Å². The fraction of sp³-hybridized carbons (Fsp3) is 0.222. The van der Waals surface area contributed by atoms with Crippen molar-refractivity contribution in [3.8, 4) is 0 Å². The van der Waals surface area contributed by atoms with E-state index >= 15 is 0 Å². The van der Waals surface area contributed by atoms with Crippen molar-refractivity contribution in [2.45, 2.75) is 19.3 Å². The molecule has 5 heteroatoms. The van der Waals surface area contributed by atoms with Gasteiger partial charge in [0.05, 0.1) is 6.42 Å². The predicted octanol–water partition coefficient (Wildman–Crippen LogP) is 2.92. The largest absolute Gasteiger partial charge is 0.326 e. The number of halogens is 1. The molecule has 0 aromatic heterocycles. The number of nitrogens with one attached hydrogen (secondary N) is 1. The summed E-state index contributed by atoms with van der Waals surface area (Å²) in [6.45, 7) is 0. The molecule has 0 radical (unpaired) electrons. The maximum atomic E-state index is 12.9. The molecule has 2 amide bonds. The molecule has 1 heterocycles. The highest BCUT2D eigenvalue weighted by molar-refractivity contribution is 5.97. The highest BCUT2D eigenvalue weighted by Crippen LogP contribution is 2.29. The minimum atomic E-state index is -0.317. The van der Waals surface area contributed by atoms with Gasteiger partial charge in [0.1, 0.15) is 5.82 Å². The number of anilines is 2. The molecule has 1 aliphatic heterocycles. The van der Waals surface area contributed by atoms with Crippen LogP contribution in [0.4, 0.5) is 15.8 Å². The van der Waals surface area contributed by atoms with Crippen LogP contribution in [0.5, 0.6) is 0 Å². The zero-order valence-electron chi connectivity index (χ0n) is 12.8. The smallest absolute Gasteiger partial charge is 0.228 e. The minimum absolute atomic E-state index is 0.102. The number of amides is 2. The molecule has 0 saturated heterocycles. The van der Waals surface area contributed by atoms with Crippen LogP contribution in [0.25, 0.3) is 0 Å². The molecule has 118 valence electrons. The van der Waals surface area contributed by atoms with E-state index in [4.69, 9.17) is 0 Å². The topological polar surface area (TPSA) is 49.4 Å². The Morgan fingerprint density at radius 2 is 1.91 bits per heavy atom. The second-order valence-corrected chi connectivity index (χ2v) is 5.65. The van der Waals surface area contributed by atoms with E-state index in [-0.39, 0.29) is 24.1 Å². The summed E-state index contributed by atoms with van der Waals surface area (Å²) in [5.74, 6) is -0.370. The van der Waals surface area contributed by atoms with E-state index < -0.39 is 0 Å². The number of carbonyl (C=O) groups is 2. The molecule has 0 fully saturated rings. The van der Waals surface area contributed by atoms with E-state index in [1.807, 2.05) is 12.1 Å². The molecule has 2 aromatic carbocycles. The van der Waals surface area contributed by atoms with Crippen molar-refractivity contribution in [1.82, 2.24) is 0 Å². The van der Waals surface area contributed by atoms with Crippen LogP contribution in [0.1, 0.15) is 17.5 Å². The van der Waals surface area contributed by atoms with Crippen molar-refractivity contribution >= 4 is 23.2 Å². The van der Waals surface area contributed by atoms with Crippen LogP contribution >= 0.6 is 0 Å². The second-order valence-electron chi connectivity index (χ2n) is 5.65. The van der Waals surface area contributed by atoms with Gasteiger partial charge in [0.2, 0.25) is 11.8 Å². The van der Waals surface area contributed by atoms with Crippen LogP contribution in [0.2, 0.25) is 0 Å². The molecule has 2 aromatic rings. The molecule has 0 aliphatic carbocycles. The fourth-order valence-electron chi connectivity index (χ4n) is 2.73. The molecule has 0 saturated carbocycles. The monoisotopic (exact) mass is 312 g/mol. The molecule has 23 heavy (non-hydrogen) atoms. The van der Waals surface area contributed by atoms with Crippen LogP contribution in [0, 0.1) is 5.82 Å². The van der Waals surface area contributed by atoms with Gasteiger partial charge in [0.25, 0.3) is 0 Å². The van der Waals surface area contributed by atoms with Gasteiger partial charge in [-0.3, -0.25) is 9.59 Å². The third-order valence-electron chi connectivity index (χ3n) is 3.98. The Kier molecular flexibility index (Phi) is 4.10. The molecule has 3 rings (SSSR count). The Morgan fingerprint density at radius 3 is 2.65 bits per heavy atom. The standard InChI is InChI=1S/C18H17FN2O2/c1-21-16-8-7-15(11-13(16)4-9-18(21)23)20-17(22)10-12-2-5-14(19)6-3-12/h2-3,5-8,11H,4,9-10H2,1H3,(H,20,22). The number of carbonyl (C=O) groups excluding carboxylic acids is 2. The molecule has 1 N–H and O–H groups in total. The third kappa shape index (κ3) is 3.39. The van der Waals surface area contributed by atoms with Crippen LogP contribution in [0.3, 0.4) is 0 Å². The number of fused-ring (bicyclic) bond motifs is 1. The summed E-state index contributed by atoms with van der Waals surface area (Å²) in [5.41, 5.74) is 3.40. The highest BCUT2D eigenvalue weighted by atomic mass is 19.1. The van der Waals surface area contributed by atoms with Crippen molar-refractivity contribution in [3.63, 3.8) is 0 Å². The van der Waals surface area contributed by atoms with E-state index in [0.717, 1.165) is 16.8 Å². The van der Waals surface area contributed by atoms with Crippen LogP contribution < -0.4 is 10.2 Å². The first kappa shape index (κ1) is 15.2. The van der Waals surface area contributed by atoms with Gasteiger partial charge in [-0.15, -0.1) is 0 Å². The van der Waals surface area contributed by atoms with E-state index in [2.05, 4.69) is 5.32 Å². The maximum Gasteiger partial charge on any atom is 0.228 e. The lowest BCUT2D eigenvalue weighted by atomic mass is 10.0. The van der Waals surface area contributed by atoms with Gasteiger partial charge in [-0.25, -0.2) is 4.39 Å². The van der Waals surface area contributed by atoms with Gasteiger partial charge in [-0.2, -0.15) is 0 Å². The van der Waals surface area contributed by atoms with Crippen molar-refractivity contribution in [1.29, 1.82) is 0 Å². The quantitative estimate of drug-likeness (QED) is 0.947. The van der Waals surface area contributed by atoms with Crippen molar-refractivity contribution in [3.05, 3.63) is 59.4 Å². The summed E-state index contributed by atoms with van der Waals surface area (Å²) < 4.78 is 12.9. The first-order valence-electron chi connectivity index (χ1n) is 7.47.